The average Bonchev–Trinajstić information content (AvgIpc) is 2.18. The van der Waals surface area contributed by atoms with Crippen molar-refractivity contribution in [3.63, 3.8) is 0 Å². The summed E-state index contributed by atoms with van der Waals surface area (Å²) in [4.78, 5) is 10.2. The van der Waals surface area contributed by atoms with Gasteiger partial charge in [-0.3, -0.25) is 9.00 Å². The summed E-state index contributed by atoms with van der Waals surface area (Å²) in [5.74, 6) is -0.774. The lowest BCUT2D eigenvalue weighted by atomic mass is 10.1. The highest BCUT2D eigenvalue weighted by molar-refractivity contribution is 7.85. The second-order valence-corrected chi connectivity index (χ2v) is 4.85. The minimum absolute atomic E-state index is 0.241. The Labute approximate surface area is 91.6 Å². The Morgan fingerprint density at radius 1 is 1.27 bits per heavy atom. The second kappa shape index (κ2) is 6.35. The lowest BCUT2D eigenvalue weighted by molar-refractivity contribution is -0.133. The fraction of sp³-hybridized carbons (Fsp3) is 0.364. The summed E-state index contributed by atoms with van der Waals surface area (Å²) in [6.07, 6.45) is 1.62. The molecule has 0 spiro atoms. The minimum Gasteiger partial charge on any atom is -0.481 e. The topological polar surface area (TPSA) is 54.4 Å². The molecule has 0 heterocycles. The predicted octanol–water partition coefficient (Wildman–Crippen LogP) is 1.45. The largest absolute Gasteiger partial charge is 0.481 e. The zero-order valence-corrected chi connectivity index (χ0v) is 9.20. The van der Waals surface area contributed by atoms with Gasteiger partial charge in [0.1, 0.15) is 5.75 Å². The van der Waals surface area contributed by atoms with Gasteiger partial charge in [-0.25, -0.2) is 0 Å². The highest BCUT2D eigenvalue weighted by Gasteiger charge is 2.05. The van der Waals surface area contributed by atoms with Gasteiger partial charge in [-0.15, -0.1) is 0 Å². The molecule has 3 nitrogen and oxygen atoms in total. The molecule has 0 radical (unpaired) electrons. The van der Waals surface area contributed by atoms with Gasteiger partial charge in [0, 0.05) is 16.6 Å². The molecule has 4 heteroatoms. The monoisotopic (exact) mass is 226 g/mol. The Kier molecular flexibility index (Phi) is 5.04. The zero-order valence-electron chi connectivity index (χ0n) is 8.39. The standard InChI is InChI=1S/C11H14O3S/c12-11(13)9-15(14)8-4-7-10-5-2-1-3-6-10/h1-3,5-6H,4,7-9H2,(H,12,13). The molecule has 15 heavy (non-hydrogen) atoms. The van der Waals surface area contributed by atoms with Gasteiger partial charge in [-0.05, 0) is 18.4 Å². The van der Waals surface area contributed by atoms with E-state index in [0.29, 0.717) is 5.75 Å². The number of aliphatic carboxylic acids is 1. The summed E-state index contributed by atoms with van der Waals surface area (Å²) >= 11 is 0. The molecule has 1 unspecified atom stereocenters. The maximum atomic E-state index is 11.2. The van der Waals surface area contributed by atoms with Crippen LogP contribution in [0.4, 0.5) is 0 Å². The molecule has 1 rings (SSSR count). The molecule has 0 fully saturated rings. The summed E-state index contributed by atoms with van der Waals surface area (Å²) in [5.41, 5.74) is 1.20. The molecule has 0 aliphatic heterocycles. The number of hydrogen-bond donors (Lipinski definition) is 1. The smallest absolute Gasteiger partial charge is 0.316 e. The van der Waals surface area contributed by atoms with E-state index in [2.05, 4.69) is 0 Å². The van der Waals surface area contributed by atoms with Crippen LogP contribution in [0.15, 0.2) is 30.3 Å². The van der Waals surface area contributed by atoms with Crippen LogP contribution in [0.3, 0.4) is 0 Å². The van der Waals surface area contributed by atoms with Crippen LogP contribution in [0.5, 0.6) is 0 Å². The van der Waals surface area contributed by atoms with Crippen molar-refractivity contribution >= 4 is 16.8 Å². The van der Waals surface area contributed by atoms with Crippen LogP contribution in [0.1, 0.15) is 12.0 Å². The van der Waals surface area contributed by atoms with E-state index >= 15 is 0 Å². The molecule has 1 aromatic rings. The van der Waals surface area contributed by atoms with Crippen LogP contribution in [-0.4, -0.2) is 26.8 Å². The van der Waals surface area contributed by atoms with E-state index in [9.17, 15) is 9.00 Å². The first-order chi connectivity index (χ1) is 7.18. The fourth-order valence-corrected chi connectivity index (χ4v) is 2.18. The van der Waals surface area contributed by atoms with Crippen molar-refractivity contribution in [2.24, 2.45) is 0 Å². The van der Waals surface area contributed by atoms with Crippen molar-refractivity contribution in [3.8, 4) is 0 Å². The van der Waals surface area contributed by atoms with Crippen molar-refractivity contribution in [3.05, 3.63) is 35.9 Å². The van der Waals surface area contributed by atoms with Crippen LogP contribution < -0.4 is 0 Å². The molecule has 0 aliphatic rings. The Hall–Kier alpha value is -1.16. The van der Waals surface area contributed by atoms with E-state index in [0.717, 1.165) is 12.8 Å². The number of carboxylic acids is 1. The lowest BCUT2D eigenvalue weighted by Gasteiger charge is -2.00. The molecule has 0 amide bonds. The maximum Gasteiger partial charge on any atom is 0.316 e. The van der Waals surface area contributed by atoms with Crippen LogP contribution >= 0.6 is 0 Å². The Morgan fingerprint density at radius 2 is 1.93 bits per heavy atom. The quantitative estimate of drug-likeness (QED) is 0.798. The molecule has 1 aromatic carbocycles. The molecule has 1 N–H and O–H groups in total. The average molecular weight is 226 g/mol. The highest BCUT2D eigenvalue weighted by Crippen LogP contribution is 2.03. The van der Waals surface area contributed by atoms with Crippen LogP contribution in [0, 0.1) is 0 Å². The van der Waals surface area contributed by atoms with Gasteiger partial charge >= 0.3 is 5.97 Å². The van der Waals surface area contributed by atoms with Gasteiger partial charge in [0.2, 0.25) is 0 Å². The summed E-state index contributed by atoms with van der Waals surface area (Å²) in [5, 5.41) is 8.41. The van der Waals surface area contributed by atoms with E-state index in [1.807, 2.05) is 30.3 Å². The molecular weight excluding hydrogens is 212 g/mol. The van der Waals surface area contributed by atoms with Gasteiger partial charge in [-0.1, -0.05) is 30.3 Å². The van der Waals surface area contributed by atoms with E-state index in [1.54, 1.807) is 0 Å². The van der Waals surface area contributed by atoms with E-state index < -0.39 is 16.8 Å². The predicted molar refractivity (Wildman–Crippen MR) is 60.3 cm³/mol. The van der Waals surface area contributed by atoms with E-state index in [1.165, 1.54) is 5.56 Å². The third kappa shape index (κ3) is 5.32. The number of carboxylic acid groups (broad SMARTS) is 1. The Bertz CT molecular complexity index is 335. The third-order valence-corrected chi connectivity index (χ3v) is 3.28. The lowest BCUT2D eigenvalue weighted by Crippen LogP contribution is -2.12. The third-order valence-electron chi connectivity index (χ3n) is 1.96. The number of aryl methyl sites for hydroxylation is 1. The molecule has 0 aromatic heterocycles. The molecule has 1 atom stereocenters. The van der Waals surface area contributed by atoms with Crippen molar-refractivity contribution in [2.75, 3.05) is 11.5 Å². The first-order valence-corrected chi connectivity index (χ1v) is 6.28. The van der Waals surface area contributed by atoms with Crippen molar-refractivity contribution < 1.29 is 14.1 Å². The van der Waals surface area contributed by atoms with Gasteiger partial charge in [0.25, 0.3) is 0 Å². The summed E-state index contributed by atoms with van der Waals surface area (Å²) in [6.45, 7) is 0. The number of carbonyl (C=O) groups is 1. The van der Waals surface area contributed by atoms with Crippen LogP contribution in [-0.2, 0) is 22.0 Å². The first kappa shape index (κ1) is 11.9. The number of hydrogen-bond acceptors (Lipinski definition) is 2. The SMILES string of the molecule is O=C(O)CS(=O)CCCc1ccccc1. The van der Waals surface area contributed by atoms with Crippen molar-refractivity contribution in [1.82, 2.24) is 0 Å². The number of benzene rings is 1. The molecule has 82 valence electrons. The molecule has 0 bridgehead atoms. The van der Waals surface area contributed by atoms with Gasteiger partial charge in [-0.2, -0.15) is 0 Å². The molecule has 0 aliphatic carbocycles. The summed E-state index contributed by atoms with van der Waals surface area (Å²) < 4.78 is 11.2. The maximum absolute atomic E-state index is 11.2. The van der Waals surface area contributed by atoms with Crippen molar-refractivity contribution in [2.45, 2.75) is 12.8 Å². The summed E-state index contributed by atoms with van der Waals surface area (Å²) in [7, 11) is -1.22. The molecule has 0 saturated heterocycles. The van der Waals surface area contributed by atoms with E-state index in [4.69, 9.17) is 5.11 Å². The fourth-order valence-electron chi connectivity index (χ4n) is 1.29. The van der Waals surface area contributed by atoms with Gasteiger partial charge in [0.15, 0.2) is 0 Å². The van der Waals surface area contributed by atoms with Gasteiger partial charge in [0.05, 0.1) is 0 Å². The molecule has 0 saturated carbocycles. The van der Waals surface area contributed by atoms with Crippen LogP contribution in [0.25, 0.3) is 0 Å². The van der Waals surface area contributed by atoms with Crippen molar-refractivity contribution in [1.29, 1.82) is 0 Å². The second-order valence-electron chi connectivity index (χ2n) is 3.27. The normalized spacial score (nSPS) is 12.3. The summed E-state index contributed by atoms with van der Waals surface area (Å²) in [6, 6.07) is 9.90. The Morgan fingerprint density at radius 3 is 2.53 bits per heavy atom. The highest BCUT2D eigenvalue weighted by atomic mass is 32.2. The first-order valence-electron chi connectivity index (χ1n) is 4.79. The minimum atomic E-state index is -1.22. The number of rotatable bonds is 6. The van der Waals surface area contributed by atoms with Crippen LogP contribution in [0.2, 0.25) is 0 Å². The molecular formula is C11H14O3S. The zero-order chi connectivity index (χ0) is 11.1. The van der Waals surface area contributed by atoms with E-state index in [-0.39, 0.29) is 5.75 Å². The Balaban J connectivity index is 2.22. The van der Waals surface area contributed by atoms with Gasteiger partial charge < -0.3 is 5.11 Å².